The van der Waals surface area contributed by atoms with E-state index in [0.29, 0.717) is 19.5 Å². The average molecular weight is 348 g/mol. The fourth-order valence-electron chi connectivity index (χ4n) is 3.08. The molecule has 2 aromatic rings. The Hall–Kier alpha value is -2.12. The number of sulfonamides is 1. The van der Waals surface area contributed by atoms with Crippen molar-refractivity contribution in [3.63, 3.8) is 0 Å². The van der Waals surface area contributed by atoms with Gasteiger partial charge >= 0.3 is 0 Å². The van der Waals surface area contributed by atoms with Gasteiger partial charge in [-0.05, 0) is 61.1 Å². The topological polar surface area (TPSA) is 90.7 Å². The van der Waals surface area contributed by atoms with Crippen molar-refractivity contribution >= 4 is 10.0 Å². The molecule has 2 heterocycles. The second-order valence-corrected chi connectivity index (χ2v) is 7.94. The highest BCUT2D eigenvalue weighted by atomic mass is 32.2. The minimum Gasteiger partial charge on any atom is -0.508 e. The molecule has 6 nitrogen and oxygen atoms in total. The molecule has 0 bridgehead atoms. The van der Waals surface area contributed by atoms with Crippen LogP contribution in [0.2, 0.25) is 0 Å². The summed E-state index contributed by atoms with van der Waals surface area (Å²) < 4.78 is 27.0. The summed E-state index contributed by atoms with van der Waals surface area (Å²) in [5.41, 5.74) is 0.943. The molecule has 1 saturated heterocycles. The zero-order valence-electron chi connectivity index (χ0n) is 13.2. The predicted octanol–water partition coefficient (Wildman–Crippen LogP) is 2.45. The molecule has 1 aromatic carbocycles. The molecule has 1 aliphatic rings. The number of hydrogen-bond donors (Lipinski definition) is 2. The second kappa shape index (κ2) is 6.78. The zero-order valence-corrected chi connectivity index (χ0v) is 14.0. The van der Waals surface area contributed by atoms with Gasteiger partial charge in [0.2, 0.25) is 10.0 Å². The van der Waals surface area contributed by atoms with E-state index < -0.39 is 10.0 Å². The molecule has 0 amide bonds. The van der Waals surface area contributed by atoms with Crippen molar-refractivity contribution in [1.29, 1.82) is 0 Å². The minimum absolute atomic E-state index is 0.0428. The van der Waals surface area contributed by atoms with Gasteiger partial charge in [-0.15, -0.1) is 0 Å². The lowest BCUT2D eigenvalue weighted by atomic mass is 9.93. The largest absolute Gasteiger partial charge is 0.508 e. The van der Waals surface area contributed by atoms with Gasteiger partial charge in [0.05, 0.1) is 11.1 Å². The summed E-state index contributed by atoms with van der Waals surface area (Å²) in [6.45, 7) is 0.884. The van der Waals surface area contributed by atoms with Crippen LogP contribution < -0.4 is 0 Å². The quantitative estimate of drug-likeness (QED) is 0.889. The fraction of sp³-hybridized carbons (Fsp3) is 0.353. The predicted molar refractivity (Wildman–Crippen MR) is 89.4 cm³/mol. The Morgan fingerprint density at radius 1 is 1.00 bits per heavy atom. The Morgan fingerprint density at radius 2 is 1.75 bits per heavy atom. The van der Waals surface area contributed by atoms with Crippen molar-refractivity contribution in [1.82, 2.24) is 9.29 Å². The van der Waals surface area contributed by atoms with Crippen LogP contribution in [0.1, 0.15) is 30.7 Å². The van der Waals surface area contributed by atoms with Crippen molar-refractivity contribution in [3.05, 3.63) is 48.3 Å². The van der Waals surface area contributed by atoms with Crippen molar-refractivity contribution in [2.24, 2.45) is 0 Å². The maximum atomic E-state index is 12.7. The Morgan fingerprint density at radius 3 is 2.46 bits per heavy atom. The van der Waals surface area contributed by atoms with Crippen LogP contribution in [0.4, 0.5) is 0 Å². The van der Waals surface area contributed by atoms with Crippen LogP contribution in [-0.4, -0.2) is 41.0 Å². The average Bonchev–Trinajstić information content (AvgIpc) is 2.82. The number of phenolic OH excluding ortho intramolecular Hbond substituents is 1. The molecular formula is C17H20N2O4S. The van der Waals surface area contributed by atoms with Crippen molar-refractivity contribution in [2.75, 3.05) is 13.1 Å². The molecule has 24 heavy (non-hydrogen) atoms. The van der Waals surface area contributed by atoms with Gasteiger partial charge in [-0.3, -0.25) is 4.98 Å². The lowest BCUT2D eigenvalue weighted by molar-refractivity contribution is 0.421. The number of aromatic hydroxyl groups is 2. The Bertz CT molecular complexity index is 806. The molecule has 1 fully saturated rings. The normalized spacial score (nSPS) is 19.8. The molecule has 0 saturated carbocycles. The van der Waals surface area contributed by atoms with Crippen LogP contribution >= 0.6 is 0 Å². The lowest BCUT2D eigenvalue weighted by Gasteiger charge is -2.20. The molecule has 1 aliphatic heterocycles. The second-order valence-electron chi connectivity index (χ2n) is 6.00. The minimum atomic E-state index is -3.56. The zero-order chi connectivity index (χ0) is 17.2. The molecule has 7 heteroatoms. The van der Waals surface area contributed by atoms with E-state index >= 15 is 0 Å². The molecule has 0 spiro atoms. The maximum absolute atomic E-state index is 12.7. The van der Waals surface area contributed by atoms with Gasteiger partial charge in [0.15, 0.2) is 0 Å². The molecule has 0 aliphatic carbocycles. The van der Waals surface area contributed by atoms with Gasteiger partial charge in [0, 0.05) is 19.3 Å². The number of pyridine rings is 1. The third-order valence-corrected chi connectivity index (χ3v) is 6.29. The number of phenols is 1. The van der Waals surface area contributed by atoms with Crippen molar-refractivity contribution in [2.45, 2.75) is 30.1 Å². The third kappa shape index (κ3) is 3.52. The molecule has 1 unspecified atom stereocenters. The van der Waals surface area contributed by atoms with Crippen LogP contribution in [0.3, 0.4) is 0 Å². The molecule has 128 valence electrons. The van der Waals surface area contributed by atoms with E-state index in [0.717, 1.165) is 18.4 Å². The summed E-state index contributed by atoms with van der Waals surface area (Å²) in [5, 5.41) is 18.9. The molecular weight excluding hydrogens is 328 g/mol. The number of nitrogens with zero attached hydrogens (tertiary/aromatic N) is 2. The van der Waals surface area contributed by atoms with E-state index in [9.17, 15) is 18.6 Å². The van der Waals surface area contributed by atoms with Crippen LogP contribution in [0.15, 0.2) is 47.6 Å². The van der Waals surface area contributed by atoms with Crippen molar-refractivity contribution < 1.29 is 18.6 Å². The first-order valence-corrected chi connectivity index (χ1v) is 9.34. The number of benzene rings is 1. The van der Waals surface area contributed by atoms with Gasteiger partial charge in [0.1, 0.15) is 11.5 Å². The first-order valence-electron chi connectivity index (χ1n) is 7.90. The van der Waals surface area contributed by atoms with Gasteiger partial charge in [-0.2, -0.15) is 4.31 Å². The van der Waals surface area contributed by atoms with Crippen LogP contribution in [0.25, 0.3) is 0 Å². The summed E-state index contributed by atoms with van der Waals surface area (Å²) in [7, 11) is -3.56. The number of aromatic nitrogens is 1. The van der Waals surface area contributed by atoms with Gasteiger partial charge in [-0.1, -0.05) is 0 Å². The van der Waals surface area contributed by atoms with Gasteiger partial charge in [0.25, 0.3) is 0 Å². The van der Waals surface area contributed by atoms with E-state index in [1.165, 1.54) is 34.8 Å². The van der Waals surface area contributed by atoms with E-state index in [1.54, 1.807) is 12.3 Å². The molecule has 3 rings (SSSR count). The highest BCUT2D eigenvalue weighted by Gasteiger charge is 2.28. The molecule has 0 radical (unpaired) electrons. The molecule has 1 aromatic heterocycles. The highest BCUT2D eigenvalue weighted by Crippen LogP contribution is 2.31. The number of hydrogen-bond acceptors (Lipinski definition) is 5. The summed E-state index contributed by atoms with van der Waals surface area (Å²) in [4.78, 5) is 4.20. The van der Waals surface area contributed by atoms with Gasteiger partial charge in [-0.25, -0.2) is 8.42 Å². The SMILES string of the molecule is O=S(=O)(c1ccc(O)cc1)N1CCCC(c2cncc(O)c2)CC1. The van der Waals surface area contributed by atoms with Crippen molar-refractivity contribution in [3.8, 4) is 11.5 Å². The monoisotopic (exact) mass is 348 g/mol. The smallest absolute Gasteiger partial charge is 0.243 e. The Kier molecular flexibility index (Phi) is 4.73. The van der Waals surface area contributed by atoms with E-state index in [1.807, 2.05) is 0 Å². The first-order chi connectivity index (χ1) is 11.5. The molecule has 1 atom stereocenters. The van der Waals surface area contributed by atoms with Crippen LogP contribution in [-0.2, 0) is 10.0 Å². The first kappa shape index (κ1) is 16.7. The van der Waals surface area contributed by atoms with E-state index in [-0.39, 0.29) is 22.3 Å². The third-order valence-electron chi connectivity index (χ3n) is 4.38. The lowest BCUT2D eigenvalue weighted by Crippen LogP contribution is -2.32. The maximum Gasteiger partial charge on any atom is 0.243 e. The van der Waals surface area contributed by atoms with E-state index in [4.69, 9.17) is 0 Å². The summed E-state index contributed by atoms with van der Waals surface area (Å²) in [5.74, 6) is 0.358. The van der Waals surface area contributed by atoms with E-state index in [2.05, 4.69) is 4.98 Å². The van der Waals surface area contributed by atoms with Crippen LogP contribution in [0, 0.1) is 0 Å². The standard InChI is InChI=1S/C17H20N2O4S/c20-15-3-5-17(6-4-15)24(22,23)19-8-1-2-13(7-9-19)14-10-16(21)12-18-11-14/h3-6,10-13,20-21H,1-2,7-9H2. The van der Waals surface area contributed by atoms with Gasteiger partial charge < -0.3 is 10.2 Å². The highest BCUT2D eigenvalue weighted by molar-refractivity contribution is 7.89. The fourth-order valence-corrected chi connectivity index (χ4v) is 4.57. The Balaban J connectivity index is 1.76. The summed E-state index contributed by atoms with van der Waals surface area (Å²) in [6, 6.07) is 7.30. The Labute approximate surface area is 141 Å². The molecule has 2 N–H and O–H groups in total. The number of rotatable bonds is 3. The van der Waals surface area contributed by atoms with Crippen LogP contribution in [0.5, 0.6) is 11.5 Å². The summed E-state index contributed by atoms with van der Waals surface area (Å²) >= 11 is 0. The summed E-state index contributed by atoms with van der Waals surface area (Å²) in [6.07, 6.45) is 5.41.